The SMILES string of the molecule is CSc1cc(C)[nH]c(=O)c1CNC(=O)c1cc(Cl)c2c(c1C)O[C@](C)(C1CCC(NC3CC(O)C3)CC1)O2. The molecule has 0 saturated heterocycles. The zero-order chi connectivity index (χ0) is 27.2. The lowest BCUT2D eigenvalue weighted by molar-refractivity contribution is -0.121. The summed E-state index contributed by atoms with van der Waals surface area (Å²) in [6, 6.07) is 4.39. The van der Waals surface area contributed by atoms with E-state index in [0.717, 1.165) is 49.1 Å². The summed E-state index contributed by atoms with van der Waals surface area (Å²) < 4.78 is 12.8. The lowest BCUT2D eigenvalue weighted by atomic mass is 9.80. The van der Waals surface area contributed by atoms with E-state index in [0.29, 0.717) is 45.3 Å². The predicted octanol–water partition coefficient (Wildman–Crippen LogP) is 4.46. The Balaban J connectivity index is 1.26. The van der Waals surface area contributed by atoms with Gasteiger partial charge in [-0.05, 0) is 70.8 Å². The van der Waals surface area contributed by atoms with E-state index in [9.17, 15) is 14.7 Å². The van der Waals surface area contributed by atoms with Crippen molar-refractivity contribution < 1.29 is 19.4 Å². The third kappa shape index (κ3) is 5.30. The van der Waals surface area contributed by atoms with E-state index in [1.807, 2.05) is 33.1 Å². The number of fused-ring (bicyclic) bond motifs is 1. The van der Waals surface area contributed by atoms with Gasteiger partial charge in [0.25, 0.3) is 17.3 Å². The molecule has 4 N–H and O–H groups in total. The van der Waals surface area contributed by atoms with Crippen molar-refractivity contribution in [2.45, 2.75) is 94.7 Å². The maximum absolute atomic E-state index is 13.2. The quantitative estimate of drug-likeness (QED) is 0.369. The number of amides is 1. The highest BCUT2D eigenvalue weighted by Gasteiger charge is 2.47. The fourth-order valence-corrected chi connectivity index (χ4v) is 6.83. The number of hydrogen-bond acceptors (Lipinski definition) is 7. The molecule has 0 bridgehead atoms. The Hall–Kier alpha value is -2.20. The molecule has 0 spiro atoms. The van der Waals surface area contributed by atoms with Crippen LogP contribution in [0.4, 0.5) is 0 Å². The highest BCUT2D eigenvalue weighted by Crippen LogP contribution is 2.51. The lowest BCUT2D eigenvalue weighted by Crippen LogP contribution is -2.51. The molecular weight excluding hydrogens is 526 g/mol. The monoisotopic (exact) mass is 561 g/mol. The van der Waals surface area contributed by atoms with E-state index in [1.165, 1.54) is 11.8 Å². The van der Waals surface area contributed by atoms with Gasteiger partial charge >= 0.3 is 0 Å². The number of halogens is 1. The molecule has 8 nitrogen and oxygen atoms in total. The maximum atomic E-state index is 13.2. The van der Waals surface area contributed by atoms with Crippen molar-refractivity contribution in [3.63, 3.8) is 0 Å². The third-order valence-electron chi connectivity index (χ3n) is 8.22. The molecule has 2 saturated carbocycles. The Bertz CT molecular complexity index is 1290. The molecule has 38 heavy (non-hydrogen) atoms. The standard InChI is InChI=1S/C28H36ClN3O5S/c1-14-9-23(38-4)21(27(35)31-14)13-30-26(34)20-12-22(29)25-24(15(20)2)36-28(3,37-25)16-5-7-17(8-6-16)32-18-10-19(33)11-18/h9,12,16-19,32-33H,5-8,10-11,13H2,1-4H3,(H,30,34)(H,31,35)/t16?,17?,18?,19?,28-/m0/s1. The van der Waals surface area contributed by atoms with Gasteiger partial charge in [-0.15, -0.1) is 11.8 Å². The van der Waals surface area contributed by atoms with Crippen molar-refractivity contribution in [2.75, 3.05) is 6.26 Å². The van der Waals surface area contributed by atoms with Crippen LogP contribution in [0.1, 0.15) is 72.6 Å². The van der Waals surface area contributed by atoms with Crippen molar-refractivity contribution in [3.8, 4) is 11.5 Å². The van der Waals surface area contributed by atoms with Gasteiger partial charge in [0.05, 0.1) is 11.1 Å². The zero-order valence-electron chi connectivity index (χ0n) is 22.3. The molecule has 206 valence electrons. The van der Waals surface area contributed by atoms with E-state index in [1.54, 1.807) is 6.07 Å². The Morgan fingerprint density at radius 1 is 1.16 bits per heavy atom. The summed E-state index contributed by atoms with van der Waals surface area (Å²) in [6.07, 6.45) is 7.37. The summed E-state index contributed by atoms with van der Waals surface area (Å²) >= 11 is 8.08. The normalized spacial score (nSPS) is 28.2. The minimum atomic E-state index is -0.855. The number of aromatic amines is 1. The second-order valence-electron chi connectivity index (χ2n) is 11.0. The smallest absolute Gasteiger partial charge is 0.254 e. The van der Waals surface area contributed by atoms with Crippen LogP contribution in [0.2, 0.25) is 5.02 Å². The van der Waals surface area contributed by atoms with E-state index >= 15 is 0 Å². The number of rotatable bonds is 7. The van der Waals surface area contributed by atoms with E-state index < -0.39 is 5.79 Å². The summed E-state index contributed by atoms with van der Waals surface area (Å²) in [6.45, 7) is 5.72. The number of hydrogen-bond donors (Lipinski definition) is 4. The van der Waals surface area contributed by atoms with Gasteiger partial charge in [0.1, 0.15) is 0 Å². The minimum absolute atomic E-state index is 0.102. The number of pyridine rings is 1. The summed E-state index contributed by atoms with van der Waals surface area (Å²) in [4.78, 5) is 29.3. The number of thioether (sulfide) groups is 1. The van der Waals surface area contributed by atoms with Crippen LogP contribution in [-0.4, -0.2) is 46.2 Å². The highest BCUT2D eigenvalue weighted by atomic mass is 35.5. The molecule has 2 aromatic rings. The van der Waals surface area contributed by atoms with E-state index in [4.69, 9.17) is 21.1 Å². The minimum Gasteiger partial charge on any atom is -0.448 e. The summed E-state index contributed by atoms with van der Waals surface area (Å²) in [7, 11) is 0. The number of carbonyl (C=O) groups excluding carboxylic acids is 1. The topological polar surface area (TPSA) is 113 Å². The number of ether oxygens (including phenoxy) is 2. The third-order valence-corrected chi connectivity index (χ3v) is 9.31. The number of benzene rings is 1. The summed E-state index contributed by atoms with van der Waals surface area (Å²) in [5, 5.41) is 16.4. The largest absolute Gasteiger partial charge is 0.448 e. The highest BCUT2D eigenvalue weighted by molar-refractivity contribution is 7.98. The zero-order valence-corrected chi connectivity index (χ0v) is 23.9. The molecular formula is C28H36ClN3O5S. The number of aliphatic hydroxyl groups is 1. The second kappa shape index (κ2) is 10.8. The van der Waals surface area contributed by atoms with Crippen molar-refractivity contribution in [1.29, 1.82) is 0 Å². The van der Waals surface area contributed by atoms with Crippen molar-refractivity contribution >= 4 is 29.3 Å². The summed E-state index contributed by atoms with van der Waals surface area (Å²) in [5.74, 6) is -0.0141. The fourth-order valence-electron chi connectivity index (χ4n) is 5.89. The van der Waals surface area contributed by atoms with Gasteiger partial charge in [-0.1, -0.05) is 11.6 Å². The number of aryl methyl sites for hydroxylation is 1. The number of aromatic nitrogens is 1. The van der Waals surface area contributed by atoms with Gasteiger partial charge in [0.15, 0.2) is 11.5 Å². The maximum Gasteiger partial charge on any atom is 0.254 e. The molecule has 1 aliphatic heterocycles. The second-order valence-corrected chi connectivity index (χ2v) is 12.2. The van der Waals surface area contributed by atoms with Gasteiger partial charge in [-0.2, -0.15) is 0 Å². The van der Waals surface area contributed by atoms with Crippen molar-refractivity contribution in [3.05, 3.63) is 49.9 Å². The van der Waals surface area contributed by atoms with Crippen LogP contribution in [-0.2, 0) is 6.54 Å². The Morgan fingerprint density at radius 3 is 2.50 bits per heavy atom. The van der Waals surface area contributed by atoms with Gasteiger partial charge < -0.3 is 30.2 Å². The molecule has 1 aromatic carbocycles. The first-order chi connectivity index (χ1) is 18.1. The molecule has 0 unspecified atom stereocenters. The molecule has 1 aromatic heterocycles. The van der Waals surface area contributed by atoms with Crippen molar-refractivity contribution in [1.82, 2.24) is 15.6 Å². The van der Waals surface area contributed by atoms with Crippen molar-refractivity contribution in [2.24, 2.45) is 5.92 Å². The molecule has 2 aliphatic carbocycles. The van der Waals surface area contributed by atoms with Gasteiger partial charge in [-0.25, -0.2) is 0 Å². The average molecular weight is 562 g/mol. The number of aliphatic hydroxyl groups excluding tert-OH is 1. The van der Waals surface area contributed by atoms with Crippen LogP contribution < -0.4 is 25.7 Å². The first-order valence-corrected chi connectivity index (χ1v) is 14.9. The molecule has 5 rings (SSSR count). The summed E-state index contributed by atoms with van der Waals surface area (Å²) in [5.41, 5.74) is 2.14. The predicted molar refractivity (Wildman–Crippen MR) is 149 cm³/mol. The lowest BCUT2D eigenvalue weighted by Gasteiger charge is -2.40. The van der Waals surface area contributed by atoms with Crippen LogP contribution >= 0.6 is 23.4 Å². The average Bonchev–Trinajstić information content (AvgIpc) is 3.24. The number of H-pyrrole nitrogens is 1. The van der Waals surface area contributed by atoms with E-state index in [-0.39, 0.29) is 30.0 Å². The Kier molecular flexibility index (Phi) is 7.75. The van der Waals surface area contributed by atoms with Crippen LogP contribution in [0.5, 0.6) is 11.5 Å². The number of nitrogens with one attached hydrogen (secondary N) is 3. The molecule has 1 atom stereocenters. The van der Waals surface area contributed by atoms with Crippen LogP contribution in [0.15, 0.2) is 21.8 Å². The first kappa shape index (κ1) is 27.4. The van der Waals surface area contributed by atoms with Crippen LogP contribution in [0.25, 0.3) is 0 Å². The molecule has 3 aliphatic rings. The molecule has 10 heteroatoms. The van der Waals surface area contributed by atoms with Gasteiger partial charge in [0.2, 0.25) is 0 Å². The molecule has 1 amide bonds. The molecule has 0 radical (unpaired) electrons. The van der Waals surface area contributed by atoms with Gasteiger partial charge in [-0.3, -0.25) is 9.59 Å². The molecule has 2 heterocycles. The van der Waals surface area contributed by atoms with E-state index in [2.05, 4.69) is 15.6 Å². The molecule has 2 fully saturated rings. The van der Waals surface area contributed by atoms with Crippen LogP contribution in [0, 0.1) is 19.8 Å². The van der Waals surface area contributed by atoms with Gasteiger partial charge in [0, 0.05) is 58.7 Å². The Labute approximate surface area is 232 Å². The van der Waals surface area contributed by atoms with Crippen LogP contribution in [0.3, 0.4) is 0 Å². The number of carbonyl (C=O) groups is 1. The fraction of sp³-hybridized carbons (Fsp3) is 0.571. The first-order valence-electron chi connectivity index (χ1n) is 13.3. The Morgan fingerprint density at radius 2 is 1.84 bits per heavy atom.